The molecule has 2 rings (SSSR count). The summed E-state index contributed by atoms with van der Waals surface area (Å²) in [5.41, 5.74) is 1.97. The van der Waals surface area contributed by atoms with Crippen LogP contribution in [0.1, 0.15) is 32.7 Å². The summed E-state index contributed by atoms with van der Waals surface area (Å²) in [5, 5.41) is 29.9. The maximum absolute atomic E-state index is 12.4. The molecule has 0 spiro atoms. The maximum atomic E-state index is 12.4. The number of carbonyl (C=O) groups is 2. The fraction of sp³-hybridized carbons (Fsp3) is 0.333. The van der Waals surface area contributed by atoms with Gasteiger partial charge in [-0.25, -0.2) is 4.68 Å². The van der Waals surface area contributed by atoms with Crippen molar-refractivity contribution in [1.29, 1.82) is 0 Å². The molecule has 0 aliphatic heterocycles. The molecule has 1 aromatic heterocycles. The predicted molar refractivity (Wildman–Crippen MR) is 86.1 cm³/mol. The van der Waals surface area contributed by atoms with Crippen LogP contribution in [0.4, 0.5) is 5.69 Å². The van der Waals surface area contributed by atoms with Gasteiger partial charge in [0.15, 0.2) is 0 Å². The quantitative estimate of drug-likeness (QED) is 0.589. The molecule has 25 heavy (non-hydrogen) atoms. The third-order valence-corrected chi connectivity index (χ3v) is 3.65. The highest BCUT2D eigenvalue weighted by molar-refractivity contribution is 5.98. The van der Waals surface area contributed by atoms with Crippen molar-refractivity contribution in [1.82, 2.24) is 20.3 Å². The first kappa shape index (κ1) is 18.0. The minimum Gasteiger partial charge on any atom is -0.480 e. The van der Waals surface area contributed by atoms with Crippen LogP contribution in [0.2, 0.25) is 0 Å². The van der Waals surface area contributed by atoms with E-state index in [4.69, 9.17) is 5.11 Å². The molecule has 132 valence electrons. The van der Waals surface area contributed by atoms with Gasteiger partial charge in [0.05, 0.1) is 23.2 Å². The highest BCUT2D eigenvalue weighted by atomic mass is 16.6. The number of nitrogens with zero attached hydrogens (tertiary/aromatic N) is 4. The van der Waals surface area contributed by atoms with Gasteiger partial charge in [-0.3, -0.25) is 19.7 Å². The SMILES string of the molecule is Cc1cc(C)c([N+](=O)[O-])c(C)c1C(=O)NCc1cn(CC(=O)O)nn1. The monoisotopic (exact) mass is 347 g/mol. The normalized spacial score (nSPS) is 10.5. The van der Waals surface area contributed by atoms with Crippen LogP contribution in [-0.4, -0.2) is 36.9 Å². The molecule has 0 aliphatic rings. The largest absolute Gasteiger partial charge is 0.480 e. The van der Waals surface area contributed by atoms with Gasteiger partial charge >= 0.3 is 5.97 Å². The number of nitrogens with one attached hydrogen (secondary N) is 1. The van der Waals surface area contributed by atoms with Gasteiger partial charge < -0.3 is 10.4 Å². The van der Waals surface area contributed by atoms with Crippen molar-refractivity contribution >= 4 is 17.6 Å². The zero-order valence-electron chi connectivity index (χ0n) is 13.9. The van der Waals surface area contributed by atoms with E-state index in [2.05, 4.69) is 15.6 Å². The summed E-state index contributed by atoms with van der Waals surface area (Å²) >= 11 is 0. The van der Waals surface area contributed by atoms with Gasteiger partial charge in [0, 0.05) is 11.1 Å². The second kappa shape index (κ2) is 7.07. The van der Waals surface area contributed by atoms with Crippen LogP contribution in [0.25, 0.3) is 0 Å². The Morgan fingerprint density at radius 1 is 1.32 bits per heavy atom. The van der Waals surface area contributed by atoms with Crippen LogP contribution in [0.15, 0.2) is 12.3 Å². The molecule has 0 unspecified atom stereocenters. The number of aliphatic carboxylic acids is 1. The molecule has 0 radical (unpaired) electrons. The Hall–Kier alpha value is -3.30. The first-order valence-electron chi connectivity index (χ1n) is 7.35. The van der Waals surface area contributed by atoms with Gasteiger partial charge in [0.25, 0.3) is 11.6 Å². The van der Waals surface area contributed by atoms with E-state index in [0.717, 1.165) is 4.68 Å². The van der Waals surface area contributed by atoms with Crippen LogP contribution in [0.3, 0.4) is 0 Å². The van der Waals surface area contributed by atoms with E-state index in [-0.39, 0.29) is 24.3 Å². The number of amides is 1. The van der Waals surface area contributed by atoms with Crippen molar-refractivity contribution in [3.8, 4) is 0 Å². The van der Waals surface area contributed by atoms with Gasteiger partial charge in [0.1, 0.15) is 12.2 Å². The number of hydrogen-bond acceptors (Lipinski definition) is 6. The van der Waals surface area contributed by atoms with E-state index in [1.165, 1.54) is 13.1 Å². The van der Waals surface area contributed by atoms with Gasteiger partial charge in [0.2, 0.25) is 0 Å². The van der Waals surface area contributed by atoms with Gasteiger partial charge in [-0.1, -0.05) is 5.21 Å². The predicted octanol–water partition coefficient (Wildman–Crippen LogP) is 1.13. The highest BCUT2D eigenvalue weighted by Crippen LogP contribution is 2.28. The summed E-state index contributed by atoms with van der Waals surface area (Å²) in [7, 11) is 0. The second-order valence-corrected chi connectivity index (χ2v) is 5.60. The number of hydrogen-bond donors (Lipinski definition) is 2. The van der Waals surface area contributed by atoms with E-state index in [1.54, 1.807) is 19.9 Å². The van der Waals surface area contributed by atoms with Crippen molar-refractivity contribution in [2.75, 3.05) is 0 Å². The number of carboxylic acid groups (broad SMARTS) is 1. The lowest BCUT2D eigenvalue weighted by Gasteiger charge is -2.12. The second-order valence-electron chi connectivity index (χ2n) is 5.60. The standard InChI is InChI=1S/C15H17N5O5/c1-8-4-9(2)14(20(24)25)10(3)13(8)15(23)16-5-11-6-19(18-17-11)7-12(21)22/h4,6H,5,7H2,1-3H3,(H,16,23)(H,21,22). The fourth-order valence-corrected chi connectivity index (χ4v) is 2.70. The minimum absolute atomic E-state index is 0.0268. The third kappa shape index (κ3) is 3.97. The van der Waals surface area contributed by atoms with E-state index in [9.17, 15) is 19.7 Å². The maximum Gasteiger partial charge on any atom is 0.325 e. The van der Waals surface area contributed by atoms with Crippen LogP contribution in [0.5, 0.6) is 0 Å². The highest BCUT2D eigenvalue weighted by Gasteiger charge is 2.23. The van der Waals surface area contributed by atoms with E-state index >= 15 is 0 Å². The summed E-state index contributed by atoms with van der Waals surface area (Å²) < 4.78 is 1.14. The average molecular weight is 347 g/mol. The number of nitro groups is 1. The molecule has 0 aliphatic carbocycles. The number of carboxylic acids is 1. The minimum atomic E-state index is -1.06. The molecule has 1 aromatic carbocycles. The molecule has 0 fully saturated rings. The van der Waals surface area contributed by atoms with Crippen LogP contribution in [-0.2, 0) is 17.9 Å². The molecular formula is C15H17N5O5. The van der Waals surface area contributed by atoms with Crippen LogP contribution in [0, 0.1) is 30.9 Å². The number of nitro benzene ring substituents is 1. The Morgan fingerprint density at radius 3 is 2.60 bits per heavy atom. The summed E-state index contributed by atoms with van der Waals surface area (Å²) in [4.78, 5) is 33.8. The smallest absolute Gasteiger partial charge is 0.325 e. The number of aromatic nitrogens is 3. The summed E-state index contributed by atoms with van der Waals surface area (Å²) in [6, 6.07) is 1.60. The number of benzene rings is 1. The number of rotatable bonds is 6. The van der Waals surface area contributed by atoms with E-state index in [0.29, 0.717) is 22.4 Å². The van der Waals surface area contributed by atoms with Gasteiger partial charge in [-0.05, 0) is 32.4 Å². The van der Waals surface area contributed by atoms with Crippen molar-refractivity contribution < 1.29 is 19.6 Å². The lowest BCUT2D eigenvalue weighted by atomic mass is 9.97. The Morgan fingerprint density at radius 2 is 2.00 bits per heavy atom. The Balaban J connectivity index is 2.18. The lowest BCUT2D eigenvalue weighted by molar-refractivity contribution is -0.386. The lowest BCUT2D eigenvalue weighted by Crippen LogP contribution is -2.25. The van der Waals surface area contributed by atoms with Crippen LogP contribution >= 0.6 is 0 Å². The summed E-state index contributed by atoms with van der Waals surface area (Å²) in [5.74, 6) is -1.52. The first-order valence-corrected chi connectivity index (χ1v) is 7.35. The molecular weight excluding hydrogens is 330 g/mol. The molecule has 2 aromatic rings. The van der Waals surface area contributed by atoms with Crippen molar-refractivity contribution in [3.63, 3.8) is 0 Å². The van der Waals surface area contributed by atoms with E-state index < -0.39 is 16.8 Å². The van der Waals surface area contributed by atoms with Gasteiger partial charge in [-0.2, -0.15) is 0 Å². The molecule has 0 bridgehead atoms. The topological polar surface area (TPSA) is 140 Å². The Labute approximate surface area is 142 Å². The van der Waals surface area contributed by atoms with Crippen molar-refractivity contribution in [2.24, 2.45) is 0 Å². The molecule has 10 nitrogen and oxygen atoms in total. The fourth-order valence-electron chi connectivity index (χ4n) is 2.70. The zero-order valence-corrected chi connectivity index (χ0v) is 13.9. The molecule has 0 atom stereocenters. The molecule has 1 amide bonds. The zero-order chi connectivity index (χ0) is 18.7. The van der Waals surface area contributed by atoms with Crippen molar-refractivity contribution in [2.45, 2.75) is 33.9 Å². The third-order valence-electron chi connectivity index (χ3n) is 3.65. The van der Waals surface area contributed by atoms with Crippen molar-refractivity contribution in [3.05, 3.63) is 50.3 Å². The number of carbonyl (C=O) groups excluding carboxylic acids is 1. The molecule has 1 heterocycles. The Kier molecular flexibility index (Phi) is 5.11. The first-order chi connectivity index (χ1) is 11.7. The van der Waals surface area contributed by atoms with Gasteiger partial charge in [-0.15, -0.1) is 5.10 Å². The summed E-state index contributed by atoms with van der Waals surface area (Å²) in [6.07, 6.45) is 1.41. The molecule has 0 saturated heterocycles. The summed E-state index contributed by atoms with van der Waals surface area (Å²) in [6.45, 7) is 4.57. The number of aryl methyl sites for hydroxylation is 2. The van der Waals surface area contributed by atoms with Crippen LogP contribution < -0.4 is 5.32 Å². The van der Waals surface area contributed by atoms with E-state index in [1.807, 2.05) is 0 Å². The average Bonchev–Trinajstić information content (AvgIpc) is 2.90. The Bertz CT molecular complexity index is 858. The molecule has 2 N–H and O–H groups in total. The molecule has 0 saturated carbocycles. The molecule has 10 heteroatoms.